The van der Waals surface area contributed by atoms with Crippen molar-refractivity contribution in [3.8, 4) is 0 Å². The van der Waals surface area contributed by atoms with E-state index < -0.39 is 0 Å². The first-order valence-corrected chi connectivity index (χ1v) is 14.7. The molecule has 0 bridgehead atoms. The molecule has 1 atom stereocenters. The van der Waals surface area contributed by atoms with Crippen molar-refractivity contribution in [3.05, 3.63) is 18.2 Å². The zero-order valence-electron chi connectivity index (χ0n) is 22.8. The van der Waals surface area contributed by atoms with Gasteiger partial charge in [-0.1, -0.05) is 124 Å². The fourth-order valence-corrected chi connectivity index (χ4v) is 5.11. The van der Waals surface area contributed by atoms with Gasteiger partial charge in [0.25, 0.3) is 5.82 Å². The number of unbranched alkanes of at least 4 members (excludes halogenated alkanes) is 16. The third kappa shape index (κ3) is 13.0. The van der Waals surface area contributed by atoms with E-state index in [0.717, 1.165) is 0 Å². The molecule has 0 saturated heterocycles. The van der Waals surface area contributed by atoms with E-state index in [-0.39, 0.29) is 0 Å². The highest BCUT2D eigenvalue weighted by molar-refractivity contribution is 4.92. The number of imidazole rings is 1. The number of hydrogen-bond donors (Lipinski definition) is 0. The highest BCUT2D eigenvalue weighted by Gasteiger charge is 2.23. The van der Waals surface area contributed by atoms with E-state index in [4.69, 9.17) is 0 Å². The Hall–Kier alpha value is -0.790. The maximum Gasteiger partial charge on any atom is 0.259 e. The van der Waals surface area contributed by atoms with Crippen LogP contribution in [0.25, 0.3) is 0 Å². The molecule has 1 rings (SSSR count). The number of aryl methyl sites for hydroxylation is 1. The van der Waals surface area contributed by atoms with Gasteiger partial charge in [0.2, 0.25) is 0 Å². The van der Waals surface area contributed by atoms with Crippen LogP contribution in [0.15, 0.2) is 12.4 Å². The van der Waals surface area contributed by atoms with Crippen LogP contribution < -0.4 is 4.57 Å². The molecule has 0 amide bonds. The monoisotopic (exact) mass is 447 g/mol. The van der Waals surface area contributed by atoms with E-state index in [0.29, 0.717) is 12.0 Å². The summed E-state index contributed by atoms with van der Waals surface area (Å²) in [4.78, 5) is 0. The first-order chi connectivity index (χ1) is 15.6. The first-order valence-electron chi connectivity index (χ1n) is 14.7. The molecule has 0 aliphatic heterocycles. The second-order valence-electron chi connectivity index (χ2n) is 10.7. The van der Waals surface area contributed by atoms with Gasteiger partial charge in [-0.05, 0) is 32.6 Å². The van der Waals surface area contributed by atoms with E-state index in [1.807, 2.05) is 0 Å². The lowest BCUT2D eigenvalue weighted by molar-refractivity contribution is -0.705. The lowest BCUT2D eigenvalue weighted by atomic mass is 10.0. The summed E-state index contributed by atoms with van der Waals surface area (Å²) in [5.74, 6) is 2.12. The summed E-state index contributed by atoms with van der Waals surface area (Å²) in [7, 11) is 0. The van der Waals surface area contributed by atoms with Gasteiger partial charge in [-0.2, -0.15) is 0 Å². The number of hydrogen-bond acceptors (Lipinski definition) is 0. The van der Waals surface area contributed by atoms with Crippen molar-refractivity contribution in [3.63, 3.8) is 0 Å². The molecule has 2 heteroatoms. The summed E-state index contributed by atoms with van der Waals surface area (Å²) in [5, 5.41) is 0. The standard InChI is InChI=1S/C30H59N2/c1-6-8-10-11-12-13-14-15-16-17-18-19-20-21-22-23-25-31-26-27-32(30(31)28(3)4)29(5)24-9-7-2/h26-29H,6-25H2,1-5H3/q+1. The van der Waals surface area contributed by atoms with Crippen molar-refractivity contribution >= 4 is 0 Å². The normalized spacial score (nSPS) is 12.7. The van der Waals surface area contributed by atoms with Crippen molar-refractivity contribution in [1.82, 2.24) is 4.57 Å². The van der Waals surface area contributed by atoms with Crippen LogP contribution in [0.1, 0.15) is 174 Å². The van der Waals surface area contributed by atoms with E-state index >= 15 is 0 Å². The van der Waals surface area contributed by atoms with Gasteiger partial charge in [-0.15, -0.1) is 0 Å². The summed E-state index contributed by atoms with van der Waals surface area (Å²) in [6.07, 6.45) is 31.6. The Morgan fingerprint density at radius 3 is 1.50 bits per heavy atom. The molecular formula is C30H59N2+. The summed E-state index contributed by atoms with van der Waals surface area (Å²) in [5.41, 5.74) is 0. The molecule has 188 valence electrons. The minimum absolute atomic E-state index is 0.593. The number of aromatic nitrogens is 2. The van der Waals surface area contributed by atoms with Crippen LogP contribution in [0.2, 0.25) is 0 Å². The third-order valence-corrected chi connectivity index (χ3v) is 7.19. The molecule has 1 unspecified atom stereocenters. The Morgan fingerprint density at radius 2 is 1.06 bits per heavy atom. The predicted molar refractivity (Wildman–Crippen MR) is 142 cm³/mol. The lowest BCUT2D eigenvalue weighted by Crippen LogP contribution is -2.38. The van der Waals surface area contributed by atoms with Gasteiger partial charge in [-0.25, -0.2) is 9.13 Å². The molecule has 0 radical (unpaired) electrons. The second-order valence-corrected chi connectivity index (χ2v) is 10.7. The van der Waals surface area contributed by atoms with Gasteiger partial charge < -0.3 is 0 Å². The van der Waals surface area contributed by atoms with Crippen molar-refractivity contribution < 1.29 is 4.57 Å². The van der Waals surface area contributed by atoms with Crippen molar-refractivity contribution in [2.24, 2.45) is 0 Å². The van der Waals surface area contributed by atoms with Crippen LogP contribution in [0.5, 0.6) is 0 Å². The molecule has 1 aromatic heterocycles. The Labute approximate surface area is 202 Å². The van der Waals surface area contributed by atoms with E-state index in [1.54, 1.807) is 0 Å². The molecule has 0 aliphatic rings. The van der Waals surface area contributed by atoms with E-state index in [2.05, 4.69) is 56.1 Å². The Morgan fingerprint density at radius 1 is 0.625 bits per heavy atom. The van der Waals surface area contributed by atoms with Gasteiger partial charge in [-0.3, -0.25) is 0 Å². The number of nitrogens with zero attached hydrogens (tertiary/aromatic N) is 2. The fraction of sp³-hybridized carbons (Fsp3) is 0.900. The van der Waals surface area contributed by atoms with Crippen molar-refractivity contribution in [2.75, 3.05) is 0 Å². The van der Waals surface area contributed by atoms with Crippen LogP contribution in [0, 0.1) is 0 Å². The topological polar surface area (TPSA) is 8.81 Å². The molecule has 0 N–H and O–H groups in total. The highest BCUT2D eigenvalue weighted by Crippen LogP contribution is 2.21. The summed E-state index contributed by atoms with van der Waals surface area (Å²) >= 11 is 0. The first kappa shape index (κ1) is 29.2. The molecule has 0 saturated carbocycles. The van der Waals surface area contributed by atoms with Crippen LogP contribution in [0.4, 0.5) is 0 Å². The average Bonchev–Trinajstić information content (AvgIpc) is 3.21. The molecule has 2 nitrogen and oxygen atoms in total. The van der Waals surface area contributed by atoms with E-state index in [1.165, 1.54) is 134 Å². The Balaban J connectivity index is 2.05. The van der Waals surface area contributed by atoms with Gasteiger partial charge in [0.05, 0.1) is 18.5 Å². The zero-order chi connectivity index (χ0) is 23.4. The zero-order valence-corrected chi connectivity index (χ0v) is 22.8. The Bertz CT molecular complexity index is 531. The highest BCUT2D eigenvalue weighted by atomic mass is 15.2. The van der Waals surface area contributed by atoms with Crippen LogP contribution in [-0.4, -0.2) is 4.57 Å². The summed E-state index contributed by atoms with van der Waals surface area (Å²) in [6, 6.07) is 0.624. The molecular weight excluding hydrogens is 388 g/mol. The lowest BCUT2D eigenvalue weighted by Gasteiger charge is -2.13. The molecule has 32 heavy (non-hydrogen) atoms. The molecule has 0 aromatic carbocycles. The maximum atomic E-state index is 2.55. The van der Waals surface area contributed by atoms with Crippen molar-refractivity contribution in [1.29, 1.82) is 0 Å². The van der Waals surface area contributed by atoms with Gasteiger partial charge in [0.15, 0.2) is 0 Å². The molecule has 0 spiro atoms. The summed E-state index contributed by atoms with van der Waals surface area (Å²) in [6.45, 7) is 12.9. The largest absolute Gasteiger partial charge is 0.259 e. The van der Waals surface area contributed by atoms with Gasteiger partial charge in [0.1, 0.15) is 12.4 Å². The van der Waals surface area contributed by atoms with Gasteiger partial charge >= 0.3 is 0 Å². The fourth-order valence-electron chi connectivity index (χ4n) is 5.11. The summed E-state index contributed by atoms with van der Waals surface area (Å²) < 4.78 is 5.09. The SMILES string of the molecule is CCCCCCCCCCCCCCCCCC[n+]1ccn(C(C)CCCC)c1C(C)C. The molecule has 0 fully saturated rings. The second kappa shape index (κ2) is 19.7. The van der Waals surface area contributed by atoms with E-state index in [9.17, 15) is 0 Å². The minimum atomic E-state index is 0.593. The smallest absolute Gasteiger partial charge is 0.234 e. The predicted octanol–water partition coefficient (Wildman–Crippen LogP) is 9.91. The minimum Gasteiger partial charge on any atom is -0.234 e. The Kier molecular flexibility index (Phi) is 18.0. The molecule has 1 heterocycles. The van der Waals surface area contributed by atoms with Gasteiger partial charge in [0, 0.05) is 0 Å². The van der Waals surface area contributed by atoms with Crippen LogP contribution >= 0.6 is 0 Å². The average molecular weight is 448 g/mol. The van der Waals surface area contributed by atoms with Crippen LogP contribution in [0.3, 0.4) is 0 Å². The van der Waals surface area contributed by atoms with Crippen molar-refractivity contribution in [2.45, 2.75) is 175 Å². The maximum absolute atomic E-state index is 2.55. The van der Waals surface area contributed by atoms with Crippen LogP contribution in [-0.2, 0) is 6.54 Å². The quantitative estimate of drug-likeness (QED) is 0.123. The molecule has 1 aromatic rings. The number of rotatable bonds is 22. The molecule has 0 aliphatic carbocycles. The third-order valence-electron chi connectivity index (χ3n) is 7.19.